The van der Waals surface area contributed by atoms with E-state index < -0.39 is 11.6 Å². The number of carboxylic acid groups (broad SMARTS) is 1. The first kappa shape index (κ1) is 32.3. The molecule has 2 heterocycles. The van der Waals surface area contributed by atoms with Gasteiger partial charge in [-0.25, -0.2) is 9.59 Å². The molecule has 2 aliphatic heterocycles. The maximum Gasteiger partial charge on any atom is 0.410 e. The molecule has 8 nitrogen and oxygen atoms in total. The van der Waals surface area contributed by atoms with Crippen molar-refractivity contribution in [3.05, 3.63) is 70.3 Å². The summed E-state index contributed by atoms with van der Waals surface area (Å²) in [7, 11) is 0. The second-order valence-corrected chi connectivity index (χ2v) is 14.4. The van der Waals surface area contributed by atoms with Crippen LogP contribution in [0.25, 0.3) is 5.57 Å². The van der Waals surface area contributed by atoms with Gasteiger partial charge in [-0.1, -0.05) is 36.2 Å². The molecule has 2 fully saturated rings. The van der Waals surface area contributed by atoms with Crippen LogP contribution in [0.5, 0.6) is 0 Å². The van der Waals surface area contributed by atoms with Crippen molar-refractivity contribution in [2.45, 2.75) is 52.6 Å². The number of rotatable bonds is 7. The third-order valence-electron chi connectivity index (χ3n) is 9.13. The summed E-state index contributed by atoms with van der Waals surface area (Å²) in [5.74, 6) is -0.895. The lowest BCUT2D eigenvalue weighted by atomic mass is 9.71. The molecule has 2 aromatic rings. The molecule has 9 heteroatoms. The topological polar surface area (TPSA) is 76.6 Å². The van der Waals surface area contributed by atoms with Crippen LogP contribution in [0.15, 0.2) is 54.1 Å². The molecule has 0 aromatic heterocycles. The molecule has 0 bridgehead atoms. The van der Waals surface area contributed by atoms with Crippen molar-refractivity contribution in [2.24, 2.45) is 5.41 Å². The average molecular weight is 623 g/mol. The van der Waals surface area contributed by atoms with Gasteiger partial charge < -0.3 is 19.6 Å². The molecule has 1 N–H and O–H groups in total. The SMILES string of the molecule is CC(C)(C)OC(=O)N1CCN(C[C@]2(C)CCC(c3ccc(Cl)cc3)=C(CN3CCN(c4ccc(C(=O)O)cc4)CC3)C2)CC1. The van der Waals surface area contributed by atoms with Crippen LogP contribution in [0.4, 0.5) is 10.5 Å². The van der Waals surface area contributed by atoms with E-state index in [4.69, 9.17) is 16.3 Å². The van der Waals surface area contributed by atoms with E-state index in [2.05, 4.69) is 33.8 Å². The summed E-state index contributed by atoms with van der Waals surface area (Å²) in [5.41, 5.74) is 5.33. The Morgan fingerprint density at radius 3 is 2.09 bits per heavy atom. The van der Waals surface area contributed by atoms with Crippen molar-refractivity contribution < 1.29 is 19.4 Å². The number of hydrogen-bond donors (Lipinski definition) is 1. The maximum atomic E-state index is 12.6. The minimum absolute atomic E-state index is 0.160. The standard InChI is InChI=1S/C35H47ClN4O4/c1-34(2,3)44-33(43)40-21-17-38(18-22-40)25-35(4)14-13-31(26-5-9-29(36)10-6-26)28(23-35)24-37-15-19-39(20-16-37)30-11-7-27(8-12-30)32(41)42/h5-12H,13-25H2,1-4H3,(H,41,42)/t35-/m1/s1. The second kappa shape index (κ2) is 13.5. The van der Waals surface area contributed by atoms with E-state index in [1.165, 1.54) is 16.7 Å². The number of carboxylic acids is 1. The molecule has 3 aliphatic rings. The number of halogens is 1. The van der Waals surface area contributed by atoms with Gasteiger partial charge in [0.15, 0.2) is 0 Å². The van der Waals surface area contributed by atoms with Crippen molar-refractivity contribution in [3.63, 3.8) is 0 Å². The number of anilines is 1. The Balaban J connectivity index is 1.23. The summed E-state index contributed by atoms with van der Waals surface area (Å²) in [5, 5.41) is 9.99. The molecule has 2 saturated heterocycles. The molecule has 1 aliphatic carbocycles. The molecule has 0 saturated carbocycles. The largest absolute Gasteiger partial charge is 0.478 e. The molecule has 0 unspecified atom stereocenters. The fraction of sp³-hybridized carbons (Fsp3) is 0.543. The first-order valence-electron chi connectivity index (χ1n) is 15.9. The average Bonchev–Trinajstić information content (AvgIpc) is 2.98. The number of aromatic carboxylic acids is 1. The number of carbonyl (C=O) groups is 2. The van der Waals surface area contributed by atoms with Crippen molar-refractivity contribution in [1.82, 2.24) is 14.7 Å². The van der Waals surface area contributed by atoms with Gasteiger partial charge in [0.25, 0.3) is 0 Å². The minimum Gasteiger partial charge on any atom is -0.478 e. The monoisotopic (exact) mass is 622 g/mol. The van der Waals surface area contributed by atoms with Crippen LogP contribution in [0.3, 0.4) is 0 Å². The van der Waals surface area contributed by atoms with Crippen LogP contribution in [0.2, 0.25) is 5.02 Å². The van der Waals surface area contributed by atoms with E-state index >= 15 is 0 Å². The quantitative estimate of drug-likeness (QED) is 0.385. The number of ether oxygens (including phenoxy) is 1. The van der Waals surface area contributed by atoms with Crippen LogP contribution in [-0.4, -0.2) is 103 Å². The highest BCUT2D eigenvalue weighted by molar-refractivity contribution is 6.30. The Morgan fingerprint density at radius 2 is 1.50 bits per heavy atom. The van der Waals surface area contributed by atoms with Crippen molar-refractivity contribution in [1.29, 1.82) is 0 Å². The summed E-state index contributed by atoms with van der Waals surface area (Å²) >= 11 is 6.25. The number of allylic oxidation sites excluding steroid dienone is 1. The van der Waals surface area contributed by atoms with Crippen molar-refractivity contribution in [3.8, 4) is 0 Å². The smallest absolute Gasteiger partial charge is 0.410 e. The summed E-state index contributed by atoms with van der Waals surface area (Å²) in [6.07, 6.45) is 3.01. The maximum absolute atomic E-state index is 12.6. The Labute approximate surface area is 267 Å². The first-order chi connectivity index (χ1) is 20.9. The van der Waals surface area contributed by atoms with Crippen LogP contribution >= 0.6 is 11.6 Å². The lowest BCUT2D eigenvalue weighted by Gasteiger charge is -2.44. The van der Waals surface area contributed by atoms with Gasteiger partial charge >= 0.3 is 12.1 Å². The van der Waals surface area contributed by atoms with Gasteiger partial charge in [0, 0.05) is 76.2 Å². The van der Waals surface area contributed by atoms with Gasteiger partial charge in [0.2, 0.25) is 0 Å². The molecule has 0 spiro atoms. The predicted octanol–water partition coefficient (Wildman–Crippen LogP) is 6.36. The summed E-state index contributed by atoms with van der Waals surface area (Å²) < 4.78 is 5.60. The van der Waals surface area contributed by atoms with E-state index in [1.807, 2.05) is 49.9 Å². The van der Waals surface area contributed by atoms with E-state index in [9.17, 15) is 14.7 Å². The number of nitrogens with zero attached hydrogens (tertiary/aromatic N) is 4. The number of benzene rings is 2. The molecular weight excluding hydrogens is 576 g/mol. The van der Waals surface area contributed by atoms with Gasteiger partial charge in [0.1, 0.15) is 5.60 Å². The van der Waals surface area contributed by atoms with Crippen LogP contribution in [0, 0.1) is 5.41 Å². The predicted molar refractivity (Wildman–Crippen MR) is 177 cm³/mol. The second-order valence-electron chi connectivity index (χ2n) is 13.9. The molecule has 2 aromatic carbocycles. The summed E-state index contributed by atoms with van der Waals surface area (Å²) in [6.45, 7) is 17.0. The zero-order chi connectivity index (χ0) is 31.5. The molecule has 5 rings (SSSR count). The van der Waals surface area contributed by atoms with Crippen LogP contribution in [-0.2, 0) is 4.74 Å². The van der Waals surface area contributed by atoms with Crippen LogP contribution < -0.4 is 4.90 Å². The fourth-order valence-corrected chi connectivity index (χ4v) is 6.93. The highest BCUT2D eigenvalue weighted by atomic mass is 35.5. The molecule has 1 amide bonds. The molecule has 44 heavy (non-hydrogen) atoms. The normalized spacial score (nSPS) is 22.3. The van der Waals surface area contributed by atoms with Gasteiger partial charge in [-0.15, -0.1) is 0 Å². The zero-order valence-electron chi connectivity index (χ0n) is 26.6. The summed E-state index contributed by atoms with van der Waals surface area (Å²) in [4.78, 5) is 33.1. The summed E-state index contributed by atoms with van der Waals surface area (Å²) in [6, 6.07) is 15.5. The highest BCUT2D eigenvalue weighted by Gasteiger charge is 2.36. The van der Waals surface area contributed by atoms with E-state index in [1.54, 1.807) is 12.1 Å². The van der Waals surface area contributed by atoms with E-state index in [0.717, 1.165) is 82.3 Å². The molecule has 1 atom stereocenters. The van der Waals surface area contributed by atoms with E-state index in [0.29, 0.717) is 18.7 Å². The fourth-order valence-electron chi connectivity index (χ4n) is 6.80. The molecular formula is C35H47ClN4O4. The lowest BCUT2D eigenvalue weighted by Crippen LogP contribution is -2.52. The van der Waals surface area contributed by atoms with Crippen LogP contribution in [0.1, 0.15) is 62.9 Å². The Bertz CT molecular complexity index is 1340. The number of carbonyl (C=O) groups excluding carboxylic acids is 1. The van der Waals surface area contributed by atoms with Gasteiger partial charge in [-0.3, -0.25) is 9.80 Å². The lowest BCUT2D eigenvalue weighted by molar-refractivity contribution is 0.0104. The van der Waals surface area contributed by atoms with Crippen molar-refractivity contribution in [2.75, 3.05) is 70.3 Å². The van der Waals surface area contributed by atoms with Gasteiger partial charge in [-0.2, -0.15) is 0 Å². The van der Waals surface area contributed by atoms with Crippen molar-refractivity contribution >= 4 is 34.9 Å². The number of amides is 1. The third kappa shape index (κ3) is 8.34. The van der Waals surface area contributed by atoms with Gasteiger partial charge in [-0.05, 0) is 93.0 Å². The van der Waals surface area contributed by atoms with E-state index in [-0.39, 0.29) is 11.5 Å². The minimum atomic E-state index is -0.895. The Morgan fingerprint density at radius 1 is 0.886 bits per heavy atom. The molecule has 238 valence electrons. The Kier molecular flexibility index (Phi) is 9.93. The Hall–Kier alpha value is -3.07. The molecule has 0 radical (unpaired) electrons. The number of hydrogen-bond acceptors (Lipinski definition) is 6. The highest BCUT2D eigenvalue weighted by Crippen LogP contribution is 2.44. The number of piperazine rings is 2. The first-order valence-corrected chi connectivity index (χ1v) is 16.2. The zero-order valence-corrected chi connectivity index (χ0v) is 27.4. The van der Waals surface area contributed by atoms with Gasteiger partial charge in [0.05, 0.1) is 5.56 Å². The third-order valence-corrected chi connectivity index (χ3v) is 9.39.